The maximum absolute atomic E-state index is 5.69. The molecule has 2 aromatic rings. The average Bonchev–Trinajstić information content (AvgIpc) is 3.08. The van der Waals surface area contributed by atoms with Gasteiger partial charge in [-0.3, -0.25) is 0 Å². The molecule has 1 aromatic heterocycles. The second-order valence-corrected chi connectivity index (χ2v) is 5.56. The van der Waals surface area contributed by atoms with Crippen molar-refractivity contribution in [3.05, 3.63) is 29.5 Å². The second kappa shape index (κ2) is 5.88. The molecule has 0 atom stereocenters. The number of nitrogens with one attached hydrogen (secondary N) is 1. The standard InChI is InChI=1S/C17H24N2O/c1-3-9-19(4-2)10-7-13-12-18-15-5-6-16-14(17(13)15)8-11-20-16/h5-6,12,18H,3-4,7-11H2,1-2H3. The highest BCUT2D eigenvalue weighted by molar-refractivity contribution is 5.89. The Morgan fingerprint density at radius 3 is 2.95 bits per heavy atom. The van der Waals surface area contributed by atoms with Gasteiger partial charge in [0.25, 0.3) is 0 Å². The highest BCUT2D eigenvalue weighted by atomic mass is 16.5. The highest BCUT2D eigenvalue weighted by Crippen LogP contribution is 2.34. The van der Waals surface area contributed by atoms with Gasteiger partial charge in [-0.25, -0.2) is 0 Å². The van der Waals surface area contributed by atoms with Crippen LogP contribution in [0.5, 0.6) is 5.75 Å². The number of rotatable bonds is 6. The molecule has 1 N–H and O–H groups in total. The summed E-state index contributed by atoms with van der Waals surface area (Å²) in [7, 11) is 0. The topological polar surface area (TPSA) is 28.3 Å². The SMILES string of the molecule is CCCN(CC)CCc1c[nH]c2ccc3c(c12)CCO3. The summed E-state index contributed by atoms with van der Waals surface area (Å²) in [5.41, 5.74) is 4.09. The van der Waals surface area contributed by atoms with Gasteiger partial charge >= 0.3 is 0 Å². The van der Waals surface area contributed by atoms with E-state index in [2.05, 4.69) is 42.1 Å². The number of ether oxygens (including phenoxy) is 1. The molecule has 0 saturated heterocycles. The zero-order chi connectivity index (χ0) is 13.9. The highest BCUT2D eigenvalue weighted by Gasteiger charge is 2.18. The maximum Gasteiger partial charge on any atom is 0.123 e. The van der Waals surface area contributed by atoms with Gasteiger partial charge in [0, 0.05) is 35.6 Å². The van der Waals surface area contributed by atoms with Crippen LogP contribution in [0.4, 0.5) is 0 Å². The normalized spacial score (nSPS) is 13.9. The minimum Gasteiger partial charge on any atom is -0.493 e. The molecular weight excluding hydrogens is 248 g/mol. The summed E-state index contributed by atoms with van der Waals surface area (Å²) >= 11 is 0. The monoisotopic (exact) mass is 272 g/mol. The van der Waals surface area contributed by atoms with Gasteiger partial charge in [-0.05, 0) is 43.6 Å². The Hall–Kier alpha value is -1.48. The molecule has 0 fully saturated rings. The second-order valence-electron chi connectivity index (χ2n) is 5.56. The molecule has 108 valence electrons. The molecule has 0 amide bonds. The first-order valence-corrected chi connectivity index (χ1v) is 7.80. The molecule has 0 saturated carbocycles. The molecule has 0 bridgehead atoms. The molecule has 1 aliphatic heterocycles. The van der Waals surface area contributed by atoms with E-state index in [0.29, 0.717) is 0 Å². The molecule has 20 heavy (non-hydrogen) atoms. The minimum absolute atomic E-state index is 0.829. The Labute approximate surface area is 120 Å². The Morgan fingerprint density at radius 1 is 1.25 bits per heavy atom. The van der Waals surface area contributed by atoms with Crippen molar-refractivity contribution < 1.29 is 4.74 Å². The first kappa shape index (κ1) is 13.5. The molecule has 1 aromatic carbocycles. The summed E-state index contributed by atoms with van der Waals surface area (Å²) in [4.78, 5) is 5.94. The van der Waals surface area contributed by atoms with Crippen molar-refractivity contribution in [1.82, 2.24) is 9.88 Å². The van der Waals surface area contributed by atoms with Crippen LogP contribution in [0.3, 0.4) is 0 Å². The summed E-state index contributed by atoms with van der Waals surface area (Å²) in [5.74, 6) is 1.08. The van der Waals surface area contributed by atoms with Crippen LogP contribution in [0.1, 0.15) is 31.4 Å². The predicted molar refractivity (Wildman–Crippen MR) is 83.6 cm³/mol. The van der Waals surface area contributed by atoms with E-state index >= 15 is 0 Å². The van der Waals surface area contributed by atoms with Crippen molar-refractivity contribution in [2.45, 2.75) is 33.1 Å². The molecule has 3 rings (SSSR count). The van der Waals surface area contributed by atoms with Gasteiger partial charge in [-0.1, -0.05) is 13.8 Å². The van der Waals surface area contributed by atoms with Gasteiger partial charge in [-0.2, -0.15) is 0 Å². The number of H-pyrrole nitrogens is 1. The summed E-state index contributed by atoms with van der Waals surface area (Å²) < 4.78 is 5.69. The van der Waals surface area contributed by atoms with Gasteiger partial charge in [0.2, 0.25) is 0 Å². The van der Waals surface area contributed by atoms with E-state index in [1.54, 1.807) is 0 Å². The number of hydrogen-bond acceptors (Lipinski definition) is 2. The number of aromatic nitrogens is 1. The Bertz CT molecular complexity index is 588. The van der Waals surface area contributed by atoms with Crippen molar-refractivity contribution >= 4 is 10.9 Å². The molecule has 0 unspecified atom stereocenters. The molecule has 1 aliphatic rings. The van der Waals surface area contributed by atoms with Gasteiger partial charge in [0.15, 0.2) is 0 Å². The van der Waals surface area contributed by atoms with Crippen molar-refractivity contribution in [1.29, 1.82) is 0 Å². The maximum atomic E-state index is 5.69. The molecule has 3 heteroatoms. The lowest BCUT2D eigenvalue weighted by atomic mass is 10.0. The first-order valence-electron chi connectivity index (χ1n) is 7.80. The fourth-order valence-corrected chi connectivity index (χ4v) is 3.22. The number of likely N-dealkylation sites (N-methyl/N-ethyl adjacent to an activating group) is 1. The molecule has 0 aliphatic carbocycles. The third kappa shape index (κ3) is 2.42. The van der Waals surface area contributed by atoms with Crippen LogP contribution < -0.4 is 4.74 Å². The largest absolute Gasteiger partial charge is 0.493 e. The van der Waals surface area contributed by atoms with Crippen LogP contribution in [0.2, 0.25) is 0 Å². The van der Waals surface area contributed by atoms with Crippen molar-refractivity contribution in [2.24, 2.45) is 0 Å². The van der Waals surface area contributed by atoms with Gasteiger partial charge < -0.3 is 14.6 Å². The third-order valence-electron chi connectivity index (χ3n) is 4.29. The summed E-state index contributed by atoms with van der Waals surface area (Å²) in [6, 6.07) is 4.24. The number of nitrogens with zero attached hydrogens (tertiary/aromatic N) is 1. The lowest BCUT2D eigenvalue weighted by Crippen LogP contribution is -2.26. The van der Waals surface area contributed by atoms with E-state index in [1.807, 2.05) is 0 Å². The molecule has 3 nitrogen and oxygen atoms in total. The van der Waals surface area contributed by atoms with E-state index < -0.39 is 0 Å². The van der Waals surface area contributed by atoms with Crippen LogP contribution in [-0.4, -0.2) is 36.1 Å². The zero-order valence-electron chi connectivity index (χ0n) is 12.5. The average molecular weight is 272 g/mol. The van der Waals surface area contributed by atoms with Gasteiger partial charge in [0.05, 0.1) is 6.61 Å². The van der Waals surface area contributed by atoms with Crippen LogP contribution in [-0.2, 0) is 12.8 Å². The number of benzene rings is 1. The molecule has 2 heterocycles. The van der Waals surface area contributed by atoms with Gasteiger partial charge in [0.1, 0.15) is 5.75 Å². The van der Waals surface area contributed by atoms with E-state index in [0.717, 1.165) is 38.3 Å². The number of hydrogen-bond donors (Lipinski definition) is 1. The lowest BCUT2D eigenvalue weighted by molar-refractivity contribution is 0.293. The van der Waals surface area contributed by atoms with Crippen molar-refractivity contribution in [3.8, 4) is 5.75 Å². The fourth-order valence-electron chi connectivity index (χ4n) is 3.22. The Morgan fingerprint density at radius 2 is 2.15 bits per heavy atom. The number of fused-ring (bicyclic) bond motifs is 3. The van der Waals surface area contributed by atoms with Crippen molar-refractivity contribution in [2.75, 3.05) is 26.2 Å². The smallest absolute Gasteiger partial charge is 0.123 e. The van der Waals surface area contributed by atoms with E-state index in [9.17, 15) is 0 Å². The fraction of sp³-hybridized carbons (Fsp3) is 0.529. The minimum atomic E-state index is 0.829. The van der Waals surface area contributed by atoms with E-state index in [-0.39, 0.29) is 0 Å². The van der Waals surface area contributed by atoms with Crippen LogP contribution in [0.25, 0.3) is 10.9 Å². The lowest BCUT2D eigenvalue weighted by Gasteiger charge is -2.19. The summed E-state index contributed by atoms with van der Waals surface area (Å²) in [6.45, 7) is 8.80. The van der Waals surface area contributed by atoms with Crippen molar-refractivity contribution in [3.63, 3.8) is 0 Å². The van der Waals surface area contributed by atoms with Gasteiger partial charge in [-0.15, -0.1) is 0 Å². The molecule has 0 radical (unpaired) electrons. The molecule has 0 spiro atoms. The summed E-state index contributed by atoms with van der Waals surface area (Å²) in [6.07, 6.45) is 5.57. The summed E-state index contributed by atoms with van der Waals surface area (Å²) in [5, 5.41) is 1.41. The Balaban J connectivity index is 1.83. The first-order chi connectivity index (χ1) is 9.83. The third-order valence-corrected chi connectivity index (χ3v) is 4.29. The quantitative estimate of drug-likeness (QED) is 0.873. The van der Waals surface area contributed by atoms with Crippen LogP contribution in [0, 0.1) is 0 Å². The van der Waals surface area contributed by atoms with E-state index in [1.165, 1.54) is 35.0 Å². The Kier molecular flexibility index (Phi) is 3.97. The van der Waals surface area contributed by atoms with E-state index in [4.69, 9.17) is 4.74 Å². The van der Waals surface area contributed by atoms with Crippen LogP contribution >= 0.6 is 0 Å². The predicted octanol–water partition coefficient (Wildman–Crippen LogP) is 3.38. The molecular formula is C17H24N2O. The van der Waals surface area contributed by atoms with Crippen LogP contribution in [0.15, 0.2) is 18.3 Å². The zero-order valence-corrected chi connectivity index (χ0v) is 12.5. The number of aromatic amines is 1.